The van der Waals surface area contributed by atoms with Crippen LogP contribution in [0.4, 0.5) is 14.5 Å². The number of hydrogen-bond acceptors (Lipinski definition) is 3. The van der Waals surface area contributed by atoms with Crippen molar-refractivity contribution in [3.63, 3.8) is 0 Å². The van der Waals surface area contributed by atoms with Crippen LogP contribution in [0.5, 0.6) is 0 Å². The van der Waals surface area contributed by atoms with Crippen LogP contribution in [-0.4, -0.2) is 32.3 Å². The van der Waals surface area contributed by atoms with Crippen molar-refractivity contribution in [3.05, 3.63) is 29.3 Å². The summed E-state index contributed by atoms with van der Waals surface area (Å²) in [6, 6.07) is 2.73. The fourth-order valence-corrected chi connectivity index (χ4v) is 2.61. The van der Waals surface area contributed by atoms with Crippen LogP contribution in [0.2, 0.25) is 0 Å². The van der Waals surface area contributed by atoms with Gasteiger partial charge in [0.1, 0.15) is 17.3 Å². The number of methoxy groups -OCH3 is 1. The Morgan fingerprint density at radius 2 is 2.05 bits per heavy atom. The van der Waals surface area contributed by atoms with Gasteiger partial charge in [0.05, 0.1) is 6.10 Å². The fraction of sp³-hybridized carbons (Fsp3) is 0.600. The molecular formula is C15H22F2N2O. The Morgan fingerprint density at radius 3 is 2.55 bits per heavy atom. The molecule has 0 aromatic heterocycles. The van der Waals surface area contributed by atoms with Crippen molar-refractivity contribution in [2.75, 3.05) is 25.1 Å². The molecular weight excluding hydrogens is 262 g/mol. The molecule has 1 heterocycles. The zero-order valence-corrected chi connectivity index (χ0v) is 12.0. The first-order valence-electron chi connectivity index (χ1n) is 7.06. The van der Waals surface area contributed by atoms with Gasteiger partial charge in [0.25, 0.3) is 0 Å². The number of ether oxygens (including phenoxy) is 1. The normalized spacial score (nSPS) is 20.4. The average Bonchev–Trinajstić information content (AvgIpc) is 2.86. The third-order valence-corrected chi connectivity index (χ3v) is 3.89. The topological polar surface area (TPSA) is 38.5 Å². The first-order valence-corrected chi connectivity index (χ1v) is 7.06. The highest BCUT2D eigenvalue weighted by Crippen LogP contribution is 2.29. The Balaban J connectivity index is 2.19. The van der Waals surface area contributed by atoms with Crippen molar-refractivity contribution in [2.24, 2.45) is 5.73 Å². The van der Waals surface area contributed by atoms with E-state index in [1.54, 1.807) is 12.0 Å². The maximum absolute atomic E-state index is 14.2. The molecule has 112 valence electrons. The van der Waals surface area contributed by atoms with Crippen molar-refractivity contribution >= 4 is 5.69 Å². The van der Waals surface area contributed by atoms with Gasteiger partial charge in [-0.05, 0) is 37.0 Å². The average molecular weight is 284 g/mol. The second-order valence-electron chi connectivity index (χ2n) is 5.37. The van der Waals surface area contributed by atoms with Crippen LogP contribution in [-0.2, 0) is 11.2 Å². The molecule has 3 nitrogen and oxygen atoms in total. The summed E-state index contributed by atoms with van der Waals surface area (Å²) < 4.78 is 33.6. The SMILES string of the molecule is CCC(N)Cc1cc(F)c(N2CCC(OC)C2)c(F)c1. The van der Waals surface area contributed by atoms with E-state index >= 15 is 0 Å². The van der Waals surface area contributed by atoms with Gasteiger partial charge >= 0.3 is 0 Å². The van der Waals surface area contributed by atoms with Crippen LogP contribution in [0.1, 0.15) is 25.3 Å². The molecule has 1 aromatic carbocycles. The van der Waals surface area contributed by atoms with Crippen molar-refractivity contribution in [2.45, 2.75) is 38.3 Å². The lowest BCUT2D eigenvalue weighted by Crippen LogP contribution is -2.25. The molecule has 0 saturated carbocycles. The summed E-state index contributed by atoms with van der Waals surface area (Å²) >= 11 is 0. The molecule has 2 atom stereocenters. The summed E-state index contributed by atoms with van der Waals surface area (Å²) in [7, 11) is 1.62. The Bertz CT molecular complexity index is 444. The molecule has 1 aromatic rings. The lowest BCUT2D eigenvalue weighted by molar-refractivity contribution is 0.121. The number of hydrogen-bond donors (Lipinski definition) is 1. The predicted molar refractivity (Wildman–Crippen MR) is 76.0 cm³/mol. The van der Waals surface area contributed by atoms with Gasteiger partial charge in [-0.1, -0.05) is 6.92 Å². The summed E-state index contributed by atoms with van der Waals surface area (Å²) in [4.78, 5) is 1.71. The molecule has 2 unspecified atom stereocenters. The minimum absolute atomic E-state index is 0.0435. The minimum atomic E-state index is -0.514. The Kier molecular flexibility index (Phi) is 4.94. The standard InChI is InChI=1S/C15H22F2N2O/c1-3-11(18)6-10-7-13(16)15(14(17)8-10)19-5-4-12(9-19)20-2/h7-8,11-12H,3-6,9,18H2,1-2H3. The number of halogens is 2. The van der Waals surface area contributed by atoms with Crippen LogP contribution in [0.3, 0.4) is 0 Å². The van der Waals surface area contributed by atoms with Gasteiger partial charge in [0.15, 0.2) is 0 Å². The Hall–Kier alpha value is -1.20. The minimum Gasteiger partial charge on any atom is -0.380 e. The molecule has 2 N–H and O–H groups in total. The molecule has 5 heteroatoms. The zero-order chi connectivity index (χ0) is 14.7. The third kappa shape index (κ3) is 3.27. The largest absolute Gasteiger partial charge is 0.380 e. The van der Waals surface area contributed by atoms with E-state index in [-0.39, 0.29) is 17.8 Å². The molecule has 1 aliphatic rings. The second-order valence-corrected chi connectivity index (χ2v) is 5.37. The quantitative estimate of drug-likeness (QED) is 0.902. The van der Waals surface area contributed by atoms with Gasteiger partial charge in [-0.15, -0.1) is 0 Å². The Morgan fingerprint density at radius 1 is 1.40 bits per heavy atom. The predicted octanol–water partition coefficient (Wildman–Crippen LogP) is 2.47. The van der Waals surface area contributed by atoms with E-state index in [2.05, 4.69) is 0 Å². The maximum Gasteiger partial charge on any atom is 0.149 e. The van der Waals surface area contributed by atoms with Gasteiger partial charge in [0.2, 0.25) is 0 Å². The smallest absolute Gasteiger partial charge is 0.149 e. The van der Waals surface area contributed by atoms with Crippen LogP contribution in [0.15, 0.2) is 12.1 Å². The van der Waals surface area contributed by atoms with Crippen molar-refractivity contribution in [3.8, 4) is 0 Å². The number of nitrogens with two attached hydrogens (primary N) is 1. The van der Waals surface area contributed by atoms with Gasteiger partial charge in [-0.2, -0.15) is 0 Å². The highest BCUT2D eigenvalue weighted by atomic mass is 19.1. The highest BCUT2D eigenvalue weighted by Gasteiger charge is 2.27. The number of benzene rings is 1. The van der Waals surface area contributed by atoms with E-state index in [4.69, 9.17) is 10.5 Å². The van der Waals surface area contributed by atoms with Gasteiger partial charge < -0.3 is 15.4 Å². The van der Waals surface area contributed by atoms with E-state index in [9.17, 15) is 8.78 Å². The first kappa shape index (κ1) is 15.2. The molecule has 0 bridgehead atoms. The van der Waals surface area contributed by atoms with Crippen LogP contribution in [0, 0.1) is 11.6 Å². The number of rotatable bonds is 5. The van der Waals surface area contributed by atoms with E-state index < -0.39 is 11.6 Å². The highest BCUT2D eigenvalue weighted by molar-refractivity contribution is 5.51. The molecule has 2 rings (SSSR count). The van der Waals surface area contributed by atoms with Crippen LogP contribution < -0.4 is 10.6 Å². The summed E-state index contributed by atoms with van der Waals surface area (Å²) in [5.74, 6) is -1.03. The molecule has 1 aliphatic heterocycles. The van der Waals surface area contributed by atoms with E-state index in [0.29, 0.717) is 25.1 Å². The molecule has 1 saturated heterocycles. The molecule has 0 amide bonds. The zero-order valence-electron chi connectivity index (χ0n) is 12.0. The van der Waals surface area contributed by atoms with Crippen LogP contribution >= 0.6 is 0 Å². The first-order chi connectivity index (χ1) is 9.55. The molecule has 0 aliphatic carbocycles. The van der Waals surface area contributed by atoms with E-state index in [1.165, 1.54) is 12.1 Å². The van der Waals surface area contributed by atoms with Crippen molar-refractivity contribution in [1.29, 1.82) is 0 Å². The lowest BCUT2D eigenvalue weighted by Gasteiger charge is -2.21. The number of anilines is 1. The van der Waals surface area contributed by atoms with Gasteiger partial charge in [-0.3, -0.25) is 0 Å². The lowest BCUT2D eigenvalue weighted by atomic mass is 10.0. The molecule has 0 radical (unpaired) electrons. The molecule has 0 spiro atoms. The number of nitrogens with zero attached hydrogens (tertiary/aromatic N) is 1. The molecule has 20 heavy (non-hydrogen) atoms. The Labute approximate surface area is 118 Å². The summed E-state index contributed by atoms with van der Waals surface area (Å²) in [6.45, 7) is 3.10. The summed E-state index contributed by atoms with van der Waals surface area (Å²) in [5, 5.41) is 0. The fourth-order valence-electron chi connectivity index (χ4n) is 2.61. The molecule has 1 fully saturated rings. The van der Waals surface area contributed by atoms with E-state index in [1.807, 2.05) is 6.92 Å². The van der Waals surface area contributed by atoms with Crippen molar-refractivity contribution in [1.82, 2.24) is 0 Å². The monoisotopic (exact) mass is 284 g/mol. The van der Waals surface area contributed by atoms with E-state index in [0.717, 1.165) is 12.8 Å². The summed E-state index contributed by atoms with van der Waals surface area (Å²) in [5.41, 5.74) is 6.50. The second kappa shape index (κ2) is 6.50. The third-order valence-electron chi connectivity index (χ3n) is 3.89. The summed E-state index contributed by atoms with van der Waals surface area (Å²) in [6.07, 6.45) is 2.11. The van der Waals surface area contributed by atoms with Gasteiger partial charge in [0, 0.05) is 26.2 Å². The van der Waals surface area contributed by atoms with Crippen LogP contribution in [0.25, 0.3) is 0 Å². The maximum atomic E-state index is 14.2. The van der Waals surface area contributed by atoms with Crippen molar-refractivity contribution < 1.29 is 13.5 Å². The van der Waals surface area contributed by atoms with Gasteiger partial charge in [-0.25, -0.2) is 8.78 Å².